The van der Waals surface area contributed by atoms with Crippen molar-refractivity contribution >= 4 is 5.91 Å². The molecule has 2 saturated carbocycles. The summed E-state index contributed by atoms with van der Waals surface area (Å²) < 4.78 is 0. The molecule has 0 aromatic heterocycles. The number of hydrogen-bond acceptors (Lipinski definition) is 2. The fourth-order valence-electron chi connectivity index (χ4n) is 2.97. The molecule has 2 aliphatic carbocycles. The molecule has 3 unspecified atom stereocenters. The fourth-order valence-corrected chi connectivity index (χ4v) is 2.97. The lowest BCUT2D eigenvalue weighted by Crippen LogP contribution is -2.42. The van der Waals surface area contributed by atoms with E-state index in [2.05, 4.69) is 17.2 Å². The zero-order valence-electron chi connectivity index (χ0n) is 9.17. The van der Waals surface area contributed by atoms with Crippen molar-refractivity contribution < 1.29 is 4.79 Å². The molecular weight excluding hydrogens is 188 g/mol. The van der Waals surface area contributed by atoms with E-state index in [0.717, 1.165) is 11.8 Å². The SMILES string of the molecule is C=CCNCC(=O)NC1CC2CCC1C2. The van der Waals surface area contributed by atoms with Crippen LogP contribution in [0.25, 0.3) is 0 Å². The molecule has 2 N–H and O–H groups in total. The second-order valence-corrected chi connectivity index (χ2v) is 4.77. The zero-order valence-corrected chi connectivity index (χ0v) is 9.17. The van der Waals surface area contributed by atoms with Gasteiger partial charge >= 0.3 is 0 Å². The Balaban J connectivity index is 1.68. The van der Waals surface area contributed by atoms with Gasteiger partial charge in [0.15, 0.2) is 0 Å². The third kappa shape index (κ3) is 2.59. The summed E-state index contributed by atoms with van der Waals surface area (Å²) in [5.41, 5.74) is 0. The van der Waals surface area contributed by atoms with E-state index < -0.39 is 0 Å². The number of fused-ring (bicyclic) bond motifs is 2. The first-order valence-electron chi connectivity index (χ1n) is 5.90. The van der Waals surface area contributed by atoms with Crippen molar-refractivity contribution in [1.82, 2.24) is 10.6 Å². The van der Waals surface area contributed by atoms with Gasteiger partial charge in [0.05, 0.1) is 6.54 Å². The molecular formula is C12H20N2O. The lowest BCUT2D eigenvalue weighted by Gasteiger charge is -2.22. The second kappa shape index (κ2) is 4.79. The molecule has 2 fully saturated rings. The van der Waals surface area contributed by atoms with E-state index in [0.29, 0.717) is 19.1 Å². The van der Waals surface area contributed by atoms with Crippen LogP contribution in [0, 0.1) is 11.8 Å². The quantitative estimate of drug-likeness (QED) is 0.524. The summed E-state index contributed by atoms with van der Waals surface area (Å²) in [5.74, 6) is 1.79. The van der Waals surface area contributed by atoms with Crippen LogP contribution in [0.15, 0.2) is 12.7 Å². The molecule has 3 nitrogen and oxygen atoms in total. The minimum absolute atomic E-state index is 0.134. The summed E-state index contributed by atoms with van der Waals surface area (Å²) in [7, 11) is 0. The Morgan fingerprint density at radius 3 is 2.87 bits per heavy atom. The molecule has 0 aromatic carbocycles. The first-order valence-corrected chi connectivity index (χ1v) is 5.90. The van der Waals surface area contributed by atoms with Gasteiger partial charge in [0.2, 0.25) is 5.91 Å². The molecule has 2 aliphatic rings. The summed E-state index contributed by atoms with van der Waals surface area (Å²) in [4.78, 5) is 11.5. The zero-order chi connectivity index (χ0) is 10.7. The molecule has 0 radical (unpaired) electrons. The van der Waals surface area contributed by atoms with E-state index in [9.17, 15) is 4.79 Å². The van der Waals surface area contributed by atoms with Crippen molar-refractivity contribution in [1.29, 1.82) is 0 Å². The highest BCUT2D eigenvalue weighted by molar-refractivity contribution is 5.78. The Morgan fingerprint density at radius 2 is 2.27 bits per heavy atom. The van der Waals surface area contributed by atoms with Crippen LogP contribution in [-0.4, -0.2) is 25.0 Å². The smallest absolute Gasteiger partial charge is 0.234 e. The van der Waals surface area contributed by atoms with E-state index in [-0.39, 0.29) is 5.91 Å². The van der Waals surface area contributed by atoms with Gasteiger partial charge in [-0.15, -0.1) is 6.58 Å². The van der Waals surface area contributed by atoms with Crippen molar-refractivity contribution in [3.05, 3.63) is 12.7 Å². The summed E-state index contributed by atoms with van der Waals surface area (Å²) in [6.45, 7) is 4.71. The number of nitrogens with one attached hydrogen (secondary N) is 2. The van der Waals surface area contributed by atoms with Gasteiger partial charge in [-0.3, -0.25) is 4.79 Å². The van der Waals surface area contributed by atoms with Crippen molar-refractivity contribution in [2.24, 2.45) is 11.8 Å². The third-order valence-electron chi connectivity index (χ3n) is 3.66. The van der Waals surface area contributed by atoms with Crippen LogP contribution >= 0.6 is 0 Å². The lowest BCUT2D eigenvalue weighted by molar-refractivity contribution is -0.121. The first kappa shape index (κ1) is 10.7. The monoisotopic (exact) mass is 208 g/mol. The molecule has 3 atom stereocenters. The largest absolute Gasteiger partial charge is 0.352 e. The molecule has 0 aliphatic heterocycles. The Morgan fingerprint density at radius 1 is 1.40 bits per heavy atom. The van der Waals surface area contributed by atoms with Crippen LogP contribution < -0.4 is 10.6 Å². The van der Waals surface area contributed by atoms with Gasteiger partial charge < -0.3 is 10.6 Å². The van der Waals surface area contributed by atoms with Crippen molar-refractivity contribution in [2.45, 2.75) is 31.7 Å². The predicted octanol–water partition coefficient (Wildman–Crippen LogP) is 1.07. The van der Waals surface area contributed by atoms with E-state index in [4.69, 9.17) is 0 Å². The summed E-state index contributed by atoms with van der Waals surface area (Å²) >= 11 is 0. The van der Waals surface area contributed by atoms with Crippen LogP contribution in [0.2, 0.25) is 0 Å². The Bertz CT molecular complexity index is 252. The maximum Gasteiger partial charge on any atom is 0.234 e. The number of rotatable bonds is 5. The van der Waals surface area contributed by atoms with Gasteiger partial charge in [0.1, 0.15) is 0 Å². The number of hydrogen-bond donors (Lipinski definition) is 2. The maximum atomic E-state index is 11.5. The number of amides is 1. The minimum atomic E-state index is 0.134. The molecule has 1 amide bonds. The van der Waals surface area contributed by atoms with Crippen molar-refractivity contribution in [2.75, 3.05) is 13.1 Å². The fraction of sp³-hybridized carbons (Fsp3) is 0.750. The highest BCUT2D eigenvalue weighted by Crippen LogP contribution is 2.44. The normalized spacial score (nSPS) is 32.9. The summed E-state index contributed by atoms with van der Waals surface area (Å²) in [6.07, 6.45) is 7.01. The highest BCUT2D eigenvalue weighted by atomic mass is 16.1. The summed E-state index contributed by atoms with van der Waals surface area (Å²) in [6, 6.07) is 0.460. The average molecular weight is 208 g/mol. The topological polar surface area (TPSA) is 41.1 Å². The van der Waals surface area contributed by atoms with Gasteiger partial charge in [0, 0.05) is 12.6 Å². The highest BCUT2D eigenvalue weighted by Gasteiger charge is 2.39. The number of carbonyl (C=O) groups is 1. The molecule has 2 rings (SSSR count). The standard InChI is InChI=1S/C12H20N2O/c1-2-5-13-8-12(15)14-11-7-9-3-4-10(11)6-9/h2,9-11,13H,1,3-8H2,(H,14,15). The minimum Gasteiger partial charge on any atom is -0.352 e. The van der Waals surface area contributed by atoms with Gasteiger partial charge in [-0.05, 0) is 31.1 Å². The average Bonchev–Trinajstić information content (AvgIpc) is 2.79. The van der Waals surface area contributed by atoms with E-state index >= 15 is 0 Å². The van der Waals surface area contributed by atoms with Gasteiger partial charge in [-0.2, -0.15) is 0 Å². The maximum absolute atomic E-state index is 11.5. The van der Waals surface area contributed by atoms with E-state index in [1.807, 2.05) is 0 Å². The van der Waals surface area contributed by atoms with Gasteiger partial charge in [-0.1, -0.05) is 12.5 Å². The third-order valence-corrected chi connectivity index (χ3v) is 3.66. The van der Waals surface area contributed by atoms with Crippen LogP contribution in [-0.2, 0) is 4.79 Å². The van der Waals surface area contributed by atoms with E-state index in [1.165, 1.54) is 25.7 Å². The van der Waals surface area contributed by atoms with Crippen LogP contribution in [0.1, 0.15) is 25.7 Å². The van der Waals surface area contributed by atoms with E-state index in [1.54, 1.807) is 6.08 Å². The molecule has 84 valence electrons. The molecule has 15 heavy (non-hydrogen) atoms. The van der Waals surface area contributed by atoms with Crippen molar-refractivity contribution in [3.8, 4) is 0 Å². The predicted molar refractivity (Wildman–Crippen MR) is 60.4 cm³/mol. The molecule has 0 heterocycles. The van der Waals surface area contributed by atoms with Crippen LogP contribution in [0.3, 0.4) is 0 Å². The molecule has 0 spiro atoms. The Labute approximate surface area is 91.3 Å². The molecule has 0 saturated heterocycles. The molecule has 3 heteroatoms. The van der Waals surface area contributed by atoms with Crippen molar-refractivity contribution in [3.63, 3.8) is 0 Å². The first-order chi connectivity index (χ1) is 7.29. The Hall–Kier alpha value is -0.830. The lowest BCUT2D eigenvalue weighted by atomic mass is 9.95. The van der Waals surface area contributed by atoms with Gasteiger partial charge in [0.25, 0.3) is 0 Å². The molecule has 2 bridgehead atoms. The van der Waals surface area contributed by atoms with Gasteiger partial charge in [-0.25, -0.2) is 0 Å². The summed E-state index contributed by atoms with van der Waals surface area (Å²) in [5, 5.41) is 6.16. The second-order valence-electron chi connectivity index (χ2n) is 4.77. The number of carbonyl (C=O) groups excluding carboxylic acids is 1. The van der Waals surface area contributed by atoms with Crippen LogP contribution in [0.5, 0.6) is 0 Å². The van der Waals surface area contributed by atoms with Crippen LogP contribution in [0.4, 0.5) is 0 Å². The Kier molecular flexibility index (Phi) is 3.41. The molecule has 0 aromatic rings.